The fraction of sp³-hybridized carbons (Fsp3) is 0.250. The number of halogens is 1. The minimum Gasteiger partial charge on any atom is -0.497 e. The Morgan fingerprint density at radius 2 is 1.77 bits per heavy atom. The fourth-order valence-electron chi connectivity index (χ4n) is 4.90. The van der Waals surface area contributed by atoms with Gasteiger partial charge in [0.1, 0.15) is 23.3 Å². The van der Waals surface area contributed by atoms with E-state index in [0.29, 0.717) is 30.2 Å². The van der Waals surface area contributed by atoms with Crippen molar-refractivity contribution in [2.24, 2.45) is 0 Å². The van der Waals surface area contributed by atoms with Gasteiger partial charge in [0, 0.05) is 25.4 Å². The molecule has 40 heavy (non-hydrogen) atoms. The van der Waals surface area contributed by atoms with Crippen LogP contribution in [-0.4, -0.2) is 48.1 Å². The van der Waals surface area contributed by atoms with E-state index >= 15 is 0 Å². The lowest BCUT2D eigenvalue weighted by Crippen LogP contribution is -2.45. The standard InChI is InChI=1S/C32H32FN3O4/c1-39-26-15-9-22(10-16-26)21-36(32(38)29-18-17-28(35-29)23-6-3-2-4-7-23)30(24-11-13-25(33)14-12-24)31(37)34-20-27-8-5-19-40-27/h2-4,6-7,9-18,27,30,35H,5,8,19-21H2,1H3,(H,34,37)/t27-,30-/m0/s1. The second kappa shape index (κ2) is 12.6. The third-order valence-corrected chi connectivity index (χ3v) is 7.05. The lowest BCUT2D eigenvalue weighted by Gasteiger charge is -2.31. The van der Waals surface area contributed by atoms with Crippen LogP contribution in [0, 0.1) is 5.82 Å². The van der Waals surface area contributed by atoms with Crippen LogP contribution in [0.15, 0.2) is 91.0 Å². The molecule has 0 radical (unpaired) electrons. The van der Waals surface area contributed by atoms with Gasteiger partial charge in [-0.1, -0.05) is 54.6 Å². The molecule has 0 unspecified atom stereocenters. The van der Waals surface area contributed by atoms with Gasteiger partial charge in [-0.25, -0.2) is 4.39 Å². The number of nitrogens with one attached hydrogen (secondary N) is 2. The van der Waals surface area contributed by atoms with Crippen molar-refractivity contribution in [3.63, 3.8) is 0 Å². The molecular formula is C32H32FN3O4. The van der Waals surface area contributed by atoms with Crippen LogP contribution >= 0.6 is 0 Å². The summed E-state index contributed by atoms with van der Waals surface area (Å²) in [5.41, 5.74) is 3.37. The molecule has 1 aliphatic rings. The van der Waals surface area contributed by atoms with E-state index in [9.17, 15) is 14.0 Å². The summed E-state index contributed by atoms with van der Waals surface area (Å²) >= 11 is 0. The van der Waals surface area contributed by atoms with Crippen LogP contribution in [0.2, 0.25) is 0 Å². The van der Waals surface area contributed by atoms with Crippen LogP contribution < -0.4 is 10.1 Å². The van der Waals surface area contributed by atoms with Gasteiger partial charge in [-0.3, -0.25) is 9.59 Å². The van der Waals surface area contributed by atoms with Crippen LogP contribution in [0.5, 0.6) is 5.75 Å². The Hall–Kier alpha value is -4.43. The second-order valence-corrected chi connectivity index (χ2v) is 9.77. The Labute approximate surface area is 232 Å². The van der Waals surface area contributed by atoms with Crippen molar-refractivity contribution in [3.05, 3.63) is 114 Å². The summed E-state index contributed by atoms with van der Waals surface area (Å²) in [6.45, 7) is 1.14. The van der Waals surface area contributed by atoms with Crippen LogP contribution in [0.3, 0.4) is 0 Å². The highest BCUT2D eigenvalue weighted by Gasteiger charge is 2.33. The largest absolute Gasteiger partial charge is 0.497 e. The summed E-state index contributed by atoms with van der Waals surface area (Å²) in [6.07, 6.45) is 1.74. The highest BCUT2D eigenvalue weighted by atomic mass is 19.1. The SMILES string of the molecule is COc1ccc(CN(C(=O)c2ccc(-c3ccccc3)[nH]2)[C@H](C(=O)NC[C@@H]2CCCO2)c2ccc(F)cc2)cc1. The molecular weight excluding hydrogens is 509 g/mol. The van der Waals surface area contributed by atoms with Crippen LogP contribution in [-0.2, 0) is 16.1 Å². The molecule has 5 rings (SSSR count). The van der Waals surface area contributed by atoms with Gasteiger partial charge < -0.3 is 24.7 Å². The Bertz CT molecular complexity index is 1410. The molecule has 0 spiro atoms. The van der Waals surface area contributed by atoms with Gasteiger partial charge in [0.25, 0.3) is 5.91 Å². The summed E-state index contributed by atoms with van der Waals surface area (Å²) in [4.78, 5) is 32.7. The molecule has 1 fully saturated rings. The first-order valence-corrected chi connectivity index (χ1v) is 13.3. The normalized spacial score (nSPS) is 15.4. The fourth-order valence-corrected chi connectivity index (χ4v) is 4.90. The molecule has 1 saturated heterocycles. The Kier molecular flexibility index (Phi) is 8.56. The van der Waals surface area contributed by atoms with Gasteiger partial charge in [-0.05, 0) is 65.9 Å². The number of carbonyl (C=O) groups excluding carboxylic acids is 2. The lowest BCUT2D eigenvalue weighted by atomic mass is 10.0. The van der Waals surface area contributed by atoms with E-state index in [1.54, 1.807) is 25.3 Å². The number of H-pyrrole nitrogens is 1. The number of hydrogen-bond acceptors (Lipinski definition) is 4. The number of benzene rings is 3. The molecule has 206 valence electrons. The number of nitrogens with zero attached hydrogens (tertiary/aromatic N) is 1. The molecule has 0 aliphatic carbocycles. The van der Waals surface area contributed by atoms with E-state index in [1.807, 2.05) is 60.7 Å². The predicted octanol–water partition coefficient (Wildman–Crippen LogP) is 5.51. The minimum absolute atomic E-state index is 0.0691. The number of aromatic nitrogens is 1. The van der Waals surface area contributed by atoms with Crippen LogP contribution in [0.25, 0.3) is 11.3 Å². The third kappa shape index (κ3) is 6.40. The molecule has 2 heterocycles. The van der Waals surface area contributed by atoms with E-state index in [4.69, 9.17) is 9.47 Å². The van der Waals surface area contributed by atoms with Crippen molar-refractivity contribution < 1.29 is 23.5 Å². The van der Waals surface area contributed by atoms with Crippen molar-refractivity contribution in [2.75, 3.05) is 20.3 Å². The van der Waals surface area contributed by atoms with Gasteiger partial charge in [-0.15, -0.1) is 0 Å². The molecule has 2 amide bonds. The Morgan fingerprint density at radius 3 is 2.45 bits per heavy atom. The lowest BCUT2D eigenvalue weighted by molar-refractivity contribution is -0.126. The molecule has 8 heteroatoms. The summed E-state index contributed by atoms with van der Waals surface area (Å²) in [6, 6.07) is 25.3. The van der Waals surface area contributed by atoms with Crippen LogP contribution in [0.4, 0.5) is 4.39 Å². The van der Waals surface area contributed by atoms with E-state index in [1.165, 1.54) is 17.0 Å². The monoisotopic (exact) mass is 541 g/mol. The van der Waals surface area contributed by atoms with Gasteiger partial charge in [0.05, 0.1) is 13.2 Å². The molecule has 1 aliphatic heterocycles. The molecule has 2 atom stereocenters. The van der Waals surface area contributed by atoms with E-state index in [2.05, 4.69) is 10.3 Å². The molecule has 3 aromatic carbocycles. The molecule has 4 aromatic rings. The first-order valence-electron chi connectivity index (χ1n) is 13.3. The first-order chi connectivity index (χ1) is 19.5. The van der Waals surface area contributed by atoms with Crippen molar-refractivity contribution in [1.29, 1.82) is 0 Å². The van der Waals surface area contributed by atoms with E-state index in [-0.39, 0.29) is 24.5 Å². The highest BCUT2D eigenvalue weighted by Crippen LogP contribution is 2.28. The van der Waals surface area contributed by atoms with Crippen molar-refractivity contribution >= 4 is 11.8 Å². The number of carbonyl (C=O) groups is 2. The maximum atomic E-state index is 14.2. The summed E-state index contributed by atoms with van der Waals surface area (Å²) < 4.78 is 24.9. The van der Waals surface area contributed by atoms with E-state index < -0.39 is 11.9 Å². The predicted molar refractivity (Wildman–Crippen MR) is 150 cm³/mol. The number of methoxy groups -OCH3 is 1. The second-order valence-electron chi connectivity index (χ2n) is 9.77. The summed E-state index contributed by atoms with van der Waals surface area (Å²) in [5, 5.41) is 2.98. The van der Waals surface area contributed by atoms with Crippen LogP contribution in [0.1, 0.15) is 40.5 Å². The van der Waals surface area contributed by atoms with E-state index in [0.717, 1.165) is 29.7 Å². The van der Waals surface area contributed by atoms with Gasteiger partial charge >= 0.3 is 0 Å². The first kappa shape index (κ1) is 27.1. The molecule has 2 N–H and O–H groups in total. The van der Waals surface area contributed by atoms with Crippen molar-refractivity contribution in [2.45, 2.75) is 31.5 Å². The van der Waals surface area contributed by atoms with Crippen molar-refractivity contribution in [3.8, 4) is 17.0 Å². The number of amides is 2. The third-order valence-electron chi connectivity index (χ3n) is 7.05. The Balaban J connectivity index is 1.51. The smallest absolute Gasteiger partial charge is 0.271 e. The maximum Gasteiger partial charge on any atom is 0.271 e. The zero-order chi connectivity index (χ0) is 27.9. The zero-order valence-corrected chi connectivity index (χ0v) is 22.3. The van der Waals surface area contributed by atoms with Gasteiger partial charge in [0.15, 0.2) is 0 Å². The van der Waals surface area contributed by atoms with Gasteiger partial charge in [0.2, 0.25) is 5.91 Å². The molecule has 0 bridgehead atoms. The molecule has 7 nitrogen and oxygen atoms in total. The molecule has 1 aromatic heterocycles. The summed E-state index contributed by atoms with van der Waals surface area (Å²) in [7, 11) is 1.59. The highest BCUT2D eigenvalue weighted by molar-refractivity contribution is 5.97. The zero-order valence-electron chi connectivity index (χ0n) is 22.3. The number of hydrogen-bond donors (Lipinski definition) is 2. The van der Waals surface area contributed by atoms with Gasteiger partial charge in [-0.2, -0.15) is 0 Å². The number of rotatable bonds is 10. The molecule has 0 saturated carbocycles. The number of ether oxygens (including phenoxy) is 2. The minimum atomic E-state index is -1.01. The average molecular weight is 542 g/mol. The topological polar surface area (TPSA) is 83.7 Å². The van der Waals surface area contributed by atoms with Crippen molar-refractivity contribution in [1.82, 2.24) is 15.2 Å². The number of aromatic amines is 1. The average Bonchev–Trinajstić information content (AvgIpc) is 3.70. The quantitative estimate of drug-likeness (QED) is 0.277. The summed E-state index contributed by atoms with van der Waals surface area (Å²) in [5.74, 6) is -0.464. The Morgan fingerprint density at radius 1 is 1.02 bits per heavy atom. The maximum absolute atomic E-state index is 14.2.